The van der Waals surface area contributed by atoms with Gasteiger partial charge in [0.1, 0.15) is 0 Å². The summed E-state index contributed by atoms with van der Waals surface area (Å²) >= 11 is 1.34. The van der Waals surface area contributed by atoms with E-state index < -0.39 is 6.04 Å². The van der Waals surface area contributed by atoms with E-state index in [1.165, 1.54) is 11.3 Å². The molecule has 0 aliphatic carbocycles. The summed E-state index contributed by atoms with van der Waals surface area (Å²) in [6, 6.07) is 18.3. The van der Waals surface area contributed by atoms with E-state index in [9.17, 15) is 9.59 Å². The highest BCUT2D eigenvalue weighted by Crippen LogP contribution is 2.30. The normalized spacial score (nSPS) is 15.6. The Bertz CT molecular complexity index is 1660. The molecular formula is C28H27N5O2S. The van der Waals surface area contributed by atoms with Gasteiger partial charge in [0.05, 0.1) is 27.5 Å². The summed E-state index contributed by atoms with van der Waals surface area (Å²) in [4.78, 5) is 32.7. The second kappa shape index (κ2) is 9.54. The van der Waals surface area contributed by atoms with Crippen molar-refractivity contribution in [2.45, 2.75) is 40.3 Å². The number of carbonyl (C=O) groups is 1. The van der Waals surface area contributed by atoms with Crippen molar-refractivity contribution in [3.63, 3.8) is 0 Å². The molecule has 1 atom stereocenters. The number of anilines is 1. The standard InChI is InChI=1S/C28H27N5O2S/c1-5-32-19(4)22(17(2)31-32)16-23-27(35)33-25(20-12-8-6-9-13-20)24(18(3)29-28(33)36-23)26(34)30-21-14-10-7-11-15-21/h6-16,25H,5H2,1-4H3,(H,30,34)/b23-16-. The molecule has 8 heteroatoms. The minimum absolute atomic E-state index is 0.173. The van der Waals surface area contributed by atoms with Crippen molar-refractivity contribution in [3.05, 3.63) is 114 Å². The summed E-state index contributed by atoms with van der Waals surface area (Å²) in [5.41, 5.74) is 5.24. The molecule has 0 radical (unpaired) electrons. The number of thiazole rings is 1. The zero-order valence-corrected chi connectivity index (χ0v) is 21.5. The Morgan fingerprint density at radius 3 is 2.36 bits per heavy atom. The number of nitrogens with zero attached hydrogens (tertiary/aromatic N) is 4. The highest BCUT2D eigenvalue weighted by molar-refractivity contribution is 7.07. The molecule has 182 valence electrons. The third-order valence-electron chi connectivity index (χ3n) is 6.43. The number of para-hydroxylation sites is 1. The zero-order chi connectivity index (χ0) is 25.4. The molecule has 1 N–H and O–H groups in total. The van der Waals surface area contributed by atoms with Gasteiger partial charge in [-0.2, -0.15) is 5.10 Å². The lowest BCUT2D eigenvalue weighted by atomic mass is 9.95. The topological polar surface area (TPSA) is 81.3 Å². The number of fused-ring (bicyclic) bond motifs is 1. The summed E-state index contributed by atoms with van der Waals surface area (Å²) in [5, 5.41) is 7.56. The summed E-state index contributed by atoms with van der Waals surface area (Å²) < 4.78 is 4.14. The maximum Gasteiger partial charge on any atom is 0.271 e. The fourth-order valence-electron chi connectivity index (χ4n) is 4.64. The van der Waals surface area contributed by atoms with Gasteiger partial charge in [0.2, 0.25) is 0 Å². The van der Waals surface area contributed by atoms with Gasteiger partial charge in [-0.1, -0.05) is 59.9 Å². The number of allylic oxidation sites excluding steroid dienone is 1. The number of aryl methyl sites for hydroxylation is 2. The average molecular weight is 498 g/mol. The molecule has 7 nitrogen and oxygen atoms in total. The molecule has 5 rings (SSSR count). The van der Waals surface area contributed by atoms with Gasteiger partial charge in [0, 0.05) is 23.5 Å². The number of carbonyl (C=O) groups excluding carboxylic acids is 1. The fourth-order valence-corrected chi connectivity index (χ4v) is 5.67. The highest BCUT2D eigenvalue weighted by atomic mass is 32.1. The van der Waals surface area contributed by atoms with Crippen molar-refractivity contribution in [1.29, 1.82) is 0 Å². The molecule has 1 unspecified atom stereocenters. The van der Waals surface area contributed by atoms with Crippen LogP contribution in [0.15, 0.2) is 81.7 Å². The number of nitrogens with one attached hydrogen (secondary N) is 1. The Labute approximate surface area is 212 Å². The van der Waals surface area contributed by atoms with Crippen LogP contribution in [0.1, 0.15) is 42.4 Å². The van der Waals surface area contributed by atoms with Crippen LogP contribution in [0.4, 0.5) is 5.69 Å². The molecule has 0 spiro atoms. The summed E-state index contributed by atoms with van der Waals surface area (Å²) in [5.74, 6) is -0.276. The summed E-state index contributed by atoms with van der Waals surface area (Å²) in [7, 11) is 0. The van der Waals surface area contributed by atoms with Crippen molar-refractivity contribution in [3.8, 4) is 0 Å². The van der Waals surface area contributed by atoms with Crippen LogP contribution < -0.4 is 20.2 Å². The molecule has 0 saturated heterocycles. The fraction of sp³-hybridized carbons (Fsp3) is 0.214. The molecule has 0 fully saturated rings. The number of aromatic nitrogens is 3. The third-order valence-corrected chi connectivity index (χ3v) is 7.41. The van der Waals surface area contributed by atoms with Gasteiger partial charge in [0.15, 0.2) is 4.80 Å². The molecular weight excluding hydrogens is 470 g/mol. The smallest absolute Gasteiger partial charge is 0.271 e. The molecule has 1 aliphatic heterocycles. The van der Waals surface area contributed by atoms with Crippen molar-refractivity contribution < 1.29 is 4.79 Å². The molecule has 4 aromatic rings. The minimum Gasteiger partial charge on any atom is -0.322 e. The Balaban J connectivity index is 1.68. The van der Waals surface area contributed by atoms with Gasteiger partial charge in [-0.05, 0) is 51.5 Å². The SMILES string of the molecule is CCn1nc(C)c(/C=c2\sc3n(c2=O)C(c2ccccc2)C(C(=O)Nc2ccccc2)=C(C)N=3)c1C. The first-order valence-corrected chi connectivity index (χ1v) is 12.7. The lowest BCUT2D eigenvalue weighted by Gasteiger charge is -2.25. The van der Waals surface area contributed by atoms with Crippen LogP contribution in [0.25, 0.3) is 6.08 Å². The quantitative estimate of drug-likeness (QED) is 0.457. The largest absolute Gasteiger partial charge is 0.322 e. The van der Waals surface area contributed by atoms with Crippen LogP contribution in [-0.2, 0) is 11.3 Å². The zero-order valence-electron chi connectivity index (χ0n) is 20.6. The molecule has 36 heavy (non-hydrogen) atoms. The number of benzene rings is 2. The van der Waals surface area contributed by atoms with Crippen LogP contribution in [0.5, 0.6) is 0 Å². The number of hydrogen-bond donors (Lipinski definition) is 1. The predicted molar refractivity (Wildman–Crippen MR) is 143 cm³/mol. The number of rotatable bonds is 5. The molecule has 0 saturated carbocycles. The van der Waals surface area contributed by atoms with E-state index >= 15 is 0 Å². The predicted octanol–water partition coefficient (Wildman–Crippen LogP) is 3.71. The van der Waals surface area contributed by atoms with Crippen molar-refractivity contribution in [2.24, 2.45) is 4.99 Å². The molecule has 2 aromatic carbocycles. The third kappa shape index (κ3) is 4.13. The van der Waals surface area contributed by atoms with Gasteiger partial charge in [-0.3, -0.25) is 18.8 Å². The van der Waals surface area contributed by atoms with E-state index in [2.05, 4.69) is 10.4 Å². The lowest BCUT2D eigenvalue weighted by molar-refractivity contribution is -0.113. The Morgan fingerprint density at radius 2 is 1.72 bits per heavy atom. The second-order valence-electron chi connectivity index (χ2n) is 8.71. The van der Waals surface area contributed by atoms with Crippen LogP contribution in [0.2, 0.25) is 0 Å². The molecule has 2 aromatic heterocycles. The monoisotopic (exact) mass is 497 g/mol. The minimum atomic E-state index is -0.589. The summed E-state index contributed by atoms with van der Waals surface area (Å²) in [6.45, 7) is 8.59. The van der Waals surface area contributed by atoms with Gasteiger partial charge in [-0.15, -0.1) is 0 Å². The second-order valence-corrected chi connectivity index (χ2v) is 9.72. The van der Waals surface area contributed by atoms with Crippen LogP contribution in [0.3, 0.4) is 0 Å². The van der Waals surface area contributed by atoms with E-state index in [0.717, 1.165) is 29.1 Å². The van der Waals surface area contributed by atoms with Crippen LogP contribution in [-0.4, -0.2) is 20.3 Å². The Kier molecular flexibility index (Phi) is 6.28. The molecule has 1 aliphatic rings. The molecule has 3 heterocycles. The van der Waals surface area contributed by atoms with Crippen LogP contribution >= 0.6 is 11.3 Å². The number of hydrogen-bond acceptors (Lipinski definition) is 5. The lowest BCUT2D eigenvalue weighted by Crippen LogP contribution is -2.40. The van der Waals surface area contributed by atoms with E-state index in [1.54, 1.807) is 4.57 Å². The number of amides is 1. The first-order valence-electron chi connectivity index (χ1n) is 11.9. The van der Waals surface area contributed by atoms with E-state index in [-0.39, 0.29) is 11.5 Å². The summed E-state index contributed by atoms with van der Waals surface area (Å²) in [6.07, 6.45) is 1.90. The van der Waals surface area contributed by atoms with Gasteiger partial charge >= 0.3 is 0 Å². The Hall–Kier alpha value is -4.04. The maximum atomic E-state index is 13.8. The van der Waals surface area contributed by atoms with E-state index in [1.807, 2.05) is 99.1 Å². The van der Waals surface area contributed by atoms with Crippen molar-refractivity contribution in [2.75, 3.05) is 5.32 Å². The van der Waals surface area contributed by atoms with Gasteiger partial charge < -0.3 is 5.32 Å². The average Bonchev–Trinajstić information content (AvgIpc) is 3.34. The first kappa shape index (κ1) is 23.7. The highest BCUT2D eigenvalue weighted by Gasteiger charge is 2.32. The van der Waals surface area contributed by atoms with E-state index in [4.69, 9.17) is 4.99 Å². The first-order chi connectivity index (χ1) is 17.4. The maximum absolute atomic E-state index is 13.8. The molecule has 1 amide bonds. The van der Waals surface area contributed by atoms with Crippen LogP contribution in [0, 0.1) is 13.8 Å². The van der Waals surface area contributed by atoms with Crippen molar-refractivity contribution >= 4 is 29.0 Å². The van der Waals surface area contributed by atoms with Crippen molar-refractivity contribution in [1.82, 2.24) is 14.3 Å². The molecule has 0 bridgehead atoms. The Morgan fingerprint density at radius 1 is 1.06 bits per heavy atom. The van der Waals surface area contributed by atoms with Gasteiger partial charge in [0.25, 0.3) is 11.5 Å². The van der Waals surface area contributed by atoms with E-state index in [0.29, 0.717) is 26.3 Å². The van der Waals surface area contributed by atoms with Gasteiger partial charge in [-0.25, -0.2) is 4.99 Å².